The smallest absolute Gasteiger partial charge is 0.201 e. The van der Waals surface area contributed by atoms with Crippen molar-refractivity contribution in [2.24, 2.45) is 5.92 Å². The molecule has 0 heterocycles. The van der Waals surface area contributed by atoms with E-state index in [0.29, 0.717) is 18.9 Å². The highest BCUT2D eigenvalue weighted by atomic mass is 19.2. The molecule has 4 heteroatoms. The van der Waals surface area contributed by atoms with Gasteiger partial charge in [-0.15, -0.1) is 0 Å². The summed E-state index contributed by atoms with van der Waals surface area (Å²) in [6, 6.07) is 7.73. The number of rotatable bonds is 9. The van der Waals surface area contributed by atoms with Crippen molar-refractivity contribution in [1.29, 1.82) is 0 Å². The third-order valence-electron chi connectivity index (χ3n) is 6.33. The molecule has 164 valence electrons. The summed E-state index contributed by atoms with van der Waals surface area (Å²) in [7, 11) is 0. The second kappa shape index (κ2) is 10.9. The van der Waals surface area contributed by atoms with Gasteiger partial charge >= 0.3 is 0 Å². The summed E-state index contributed by atoms with van der Waals surface area (Å²) in [5, 5.41) is 0. The van der Waals surface area contributed by atoms with Crippen molar-refractivity contribution in [3.63, 3.8) is 0 Å². The molecule has 0 amide bonds. The fourth-order valence-electron chi connectivity index (χ4n) is 4.53. The molecule has 1 aliphatic carbocycles. The molecule has 0 aromatic heterocycles. The third-order valence-corrected chi connectivity index (χ3v) is 6.33. The monoisotopic (exact) mass is 418 g/mol. The van der Waals surface area contributed by atoms with Gasteiger partial charge in [-0.25, -0.2) is 8.78 Å². The molecule has 30 heavy (non-hydrogen) atoms. The molecule has 0 unspecified atom stereocenters. The molecule has 1 saturated carbocycles. The summed E-state index contributed by atoms with van der Waals surface area (Å²) in [6.07, 6.45) is 10.4. The molecule has 0 radical (unpaired) electrons. The predicted molar refractivity (Wildman–Crippen MR) is 116 cm³/mol. The molecule has 0 bridgehead atoms. The van der Waals surface area contributed by atoms with Crippen LogP contribution in [0.5, 0.6) is 5.75 Å². The van der Waals surface area contributed by atoms with Gasteiger partial charge in [0, 0.05) is 11.1 Å². The van der Waals surface area contributed by atoms with Gasteiger partial charge in [0.05, 0.1) is 6.61 Å². The summed E-state index contributed by atoms with van der Waals surface area (Å²) in [5.74, 6) is -1.62. The lowest BCUT2D eigenvalue weighted by Crippen LogP contribution is -2.13. The minimum atomic E-state index is -1.07. The zero-order valence-corrected chi connectivity index (χ0v) is 18.2. The Hall–Kier alpha value is -1.97. The van der Waals surface area contributed by atoms with E-state index in [1.54, 1.807) is 6.07 Å². The molecule has 0 saturated heterocycles. The molecule has 0 atom stereocenters. The van der Waals surface area contributed by atoms with E-state index < -0.39 is 17.5 Å². The number of ether oxygens (including phenoxy) is 1. The molecular formula is C26H33F3O. The molecule has 1 aliphatic rings. The van der Waals surface area contributed by atoms with Crippen molar-refractivity contribution in [3.8, 4) is 16.9 Å². The molecule has 1 nitrogen and oxygen atoms in total. The van der Waals surface area contributed by atoms with Gasteiger partial charge in [-0.1, -0.05) is 51.7 Å². The van der Waals surface area contributed by atoms with E-state index in [-0.39, 0.29) is 16.9 Å². The minimum Gasteiger partial charge on any atom is -0.490 e. The van der Waals surface area contributed by atoms with Crippen LogP contribution in [0.15, 0.2) is 30.3 Å². The van der Waals surface area contributed by atoms with Gasteiger partial charge in [-0.05, 0) is 67.7 Å². The predicted octanol–water partition coefficient (Wildman–Crippen LogP) is 8.41. The molecule has 0 spiro atoms. The van der Waals surface area contributed by atoms with Crippen molar-refractivity contribution >= 4 is 0 Å². The summed E-state index contributed by atoms with van der Waals surface area (Å²) >= 11 is 0. The first-order valence-corrected chi connectivity index (χ1v) is 11.5. The van der Waals surface area contributed by atoms with Gasteiger partial charge in [0.25, 0.3) is 0 Å². The van der Waals surface area contributed by atoms with E-state index in [4.69, 9.17) is 4.74 Å². The van der Waals surface area contributed by atoms with Crippen LogP contribution in [0.1, 0.15) is 83.1 Å². The number of hydrogen-bond donors (Lipinski definition) is 0. The fourth-order valence-corrected chi connectivity index (χ4v) is 4.53. The minimum absolute atomic E-state index is 0.0694. The van der Waals surface area contributed by atoms with Crippen LogP contribution in [0.25, 0.3) is 11.1 Å². The number of unbranched alkanes of at least 4 members (excludes halogenated alkanes) is 2. The Kier molecular flexibility index (Phi) is 8.24. The van der Waals surface area contributed by atoms with Gasteiger partial charge in [-0.2, -0.15) is 4.39 Å². The lowest BCUT2D eigenvalue weighted by atomic mass is 9.77. The Bertz CT molecular complexity index is 825. The molecule has 3 rings (SSSR count). The van der Waals surface area contributed by atoms with Crippen LogP contribution in [0.3, 0.4) is 0 Å². The van der Waals surface area contributed by atoms with E-state index in [9.17, 15) is 13.2 Å². The lowest BCUT2D eigenvalue weighted by Gasteiger charge is -2.29. The van der Waals surface area contributed by atoms with E-state index in [2.05, 4.69) is 6.92 Å². The van der Waals surface area contributed by atoms with Crippen LogP contribution in [-0.2, 0) is 0 Å². The van der Waals surface area contributed by atoms with Crippen molar-refractivity contribution in [2.45, 2.75) is 77.6 Å². The van der Waals surface area contributed by atoms with E-state index in [1.165, 1.54) is 56.7 Å². The molecule has 1 fully saturated rings. The maximum atomic E-state index is 14.9. The summed E-state index contributed by atoms with van der Waals surface area (Å²) < 4.78 is 48.9. The molecular weight excluding hydrogens is 385 g/mol. The van der Waals surface area contributed by atoms with Crippen LogP contribution in [-0.4, -0.2) is 6.61 Å². The zero-order valence-electron chi connectivity index (χ0n) is 18.2. The maximum absolute atomic E-state index is 14.9. The largest absolute Gasteiger partial charge is 0.490 e. The van der Waals surface area contributed by atoms with Crippen LogP contribution >= 0.6 is 0 Å². The Morgan fingerprint density at radius 3 is 2.23 bits per heavy atom. The first kappa shape index (κ1) is 22.7. The summed E-state index contributed by atoms with van der Waals surface area (Å²) in [6.45, 7) is 4.42. The first-order valence-electron chi connectivity index (χ1n) is 11.5. The standard InChI is InChI=1S/C26H33F3O/c1-3-5-6-7-18-8-10-19(11-9-18)20-12-13-21(23(27)17-20)22-14-15-24(30-16-4-2)26(29)25(22)28/h12-15,17-19H,3-11,16H2,1-2H3. The van der Waals surface area contributed by atoms with Crippen LogP contribution in [0.2, 0.25) is 0 Å². The Morgan fingerprint density at radius 2 is 1.57 bits per heavy atom. The average molecular weight is 419 g/mol. The van der Waals surface area contributed by atoms with E-state index in [1.807, 2.05) is 13.0 Å². The summed E-state index contributed by atoms with van der Waals surface area (Å²) in [5.41, 5.74) is 0.984. The highest BCUT2D eigenvalue weighted by molar-refractivity contribution is 5.66. The van der Waals surface area contributed by atoms with Crippen LogP contribution < -0.4 is 4.74 Å². The normalized spacial score (nSPS) is 19.1. The van der Waals surface area contributed by atoms with Gasteiger partial charge < -0.3 is 4.74 Å². The summed E-state index contributed by atoms with van der Waals surface area (Å²) in [4.78, 5) is 0. The average Bonchev–Trinajstić information content (AvgIpc) is 2.76. The first-order chi connectivity index (χ1) is 14.5. The van der Waals surface area contributed by atoms with Gasteiger partial charge in [0.15, 0.2) is 11.6 Å². The number of benzene rings is 2. The van der Waals surface area contributed by atoms with E-state index in [0.717, 1.165) is 24.3 Å². The van der Waals surface area contributed by atoms with Crippen molar-refractivity contribution in [2.75, 3.05) is 6.61 Å². The maximum Gasteiger partial charge on any atom is 0.201 e. The van der Waals surface area contributed by atoms with Crippen molar-refractivity contribution in [3.05, 3.63) is 53.3 Å². The Morgan fingerprint density at radius 1 is 0.833 bits per heavy atom. The SMILES string of the molecule is CCCCCC1CCC(c2ccc(-c3ccc(OCCC)c(F)c3F)c(F)c2)CC1. The molecule has 0 N–H and O–H groups in total. The topological polar surface area (TPSA) is 9.23 Å². The lowest BCUT2D eigenvalue weighted by molar-refractivity contribution is 0.295. The van der Waals surface area contributed by atoms with Crippen molar-refractivity contribution < 1.29 is 17.9 Å². The van der Waals surface area contributed by atoms with Gasteiger partial charge in [0.1, 0.15) is 5.82 Å². The van der Waals surface area contributed by atoms with Crippen LogP contribution in [0.4, 0.5) is 13.2 Å². The fraction of sp³-hybridized carbons (Fsp3) is 0.538. The van der Waals surface area contributed by atoms with Crippen molar-refractivity contribution in [1.82, 2.24) is 0 Å². The number of hydrogen-bond acceptors (Lipinski definition) is 1. The molecule has 2 aromatic rings. The second-order valence-electron chi connectivity index (χ2n) is 8.54. The number of halogens is 3. The zero-order chi connectivity index (χ0) is 21.5. The molecule has 0 aliphatic heterocycles. The molecule has 2 aromatic carbocycles. The van der Waals surface area contributed by atoms with Crippen LogP contribution in [0, 0.1) is 23.4 Å². The Balaban J connectivity index is 1.70. The second-order valence-corrected chi connectivity index (χ2v) is 8.54. The quantitative estimate of drug-likeness (QED) is 0.371. The van der Waals surface area contributed by atoms with E-state index >= 15 is 0 Å². The van der Waals surface area contributed by atoms with Gasteiger partial charge in [0.2, 0.25) is 5.82 Å². The third kappa shape index (κ3) is 5.39. The highest BCUT2D eigenvalue weighted by Gasteiger charge is 2.24. The van der Waals surface area contributed by atoms with Gasteiger partial charge in [-0.3, -0.25) is 0 Å². The Labute approximate surface area is 178 Å². The highest BCUT2D eigenvalue weighted by Crippen LogP contribution is 2.39.